The molecule has 0 radical (unpaired) electrons. The number of carbonyl (C=O) groups is 1. The van der Waals surface area contributed by atoms with Gasteiger partial charge in [0.1, 0.15) is 5.60 Å². The third-order valence-corrected chi connectivity index (χ3v) is 7.83. The van der Waals surface area contributed by atoms with Crippen LogP contribution in [0.1, 0.15) is 60.3 Å². The molecule has 4 rings (SSSR count). The van der Waals surface area contributed by atoms with Crippen LogP contribution in [0.25, 0.3) is 0 Å². The highest BCUT2D eigenvalue weighted by molar-refractivity contribution is 7.89. The van der Waals surface area contributed by atoms with Gasteiger partial charge in [0, 0.05) is 44.2 Å². The Balaban J connectivity index is 1.57. The fraction of sp³-hybridized carbons (Fsp3) is 0.370. The molecule has 0 saturated heterocycles. The Labute approximate surface area is 212 Å². The van der Waals surface area contributed by atoms with Crippen molar-refractivity contribution < 1.29 is 17.9 Å². The molecular weight excluding hydrogens is 476 g/mol. The molecule has 9 heteroatoms. The summed E-state index contributed by atoms with van der Waals surface area (Å²) in [6, 6.07) is 11.8. The maximum Gasteiger partial charge on any atom is 0.255 e. The zero-order valence-electron chi connectivity index (χ0n) is 21.1. The molecule has 0 bridgehead atoms. The number of likely N-dealkylation sites (N-methyl/N-ethyl adjacent to an activating group) is 1. The Morgan fingerprint density at radius 1 is 1.14 bits per heavy atom. The second kappa shape index (κ2) is 10.4. The second-order valence-electron chi connectivity index (χ2n) is 9.69. The van der Waals surface area contributed by atoms with Crippen LogP contribution in [-0.4, -0.2) is 48.4 Å². The molecule has 1 aliphatic rings. The fourth-order valence-electron chi connectivity index (χ4n) is 4.26. The molecule has 36 heavy (non-hydrogen) atoms. The minimum atomic E-state index is -3.80. The summed E-state index contributed by atoms with van der Waals surface area (Å²) < 4.78 is 35.3. The summed E-state index contributed by atoms with van der Waals surface area (Å²) in [4.78, 5) is 23.4. The van der Waals surface area contributed by atoms with Crippen molar-refractivity contribution in [1.82, 2.24) is 19.6 Å². The average molecular weight is 509 g/mol. The molecule has 1 aromatic carbocycles. The largest absolute Gasteiger partial charge is 0.471 e. The summed E-state index contributed by atoms with van der Waals surface area (Å²) in [6.45, 7) is 6.32. The highest BCUT2D eigenvalue weighted by Crippen LogP contribution is 2.39. The first-order valence-corrected chi connectivity index (χ1v) is 13.5. The fourth-order valence-corrected chi connectivity index (χ4v) is 5.47. The second-order valence-corrected chi connectivity index (χ2v) is 11.4. The van der Waals surface area contributed by atoms with Crippen LogP contribution in [0.5, 0.6) is 5.88 Å². The lowest BCUT2D eigenvalue weighted by Gasteiger charge is -2.37. The molecule has 2 aromatic heterocycles. The van der Waals surface area contributed by atoms with Gasteiger partial charge in [-0.1, -0.05) is 19.1 Å². The lowest BCUT2D eigenvalue weighted by atomic mass is 9.91. The maximum absolute atomic E-state index is 13.2. The first kappa shape index (κ1) is 25.8. The van der Waals surface area contributed by atoms with Crippen LogP contribution in [0.2, 0.25) is 0 Å². The van der Waals surface area contributed by atoms with Gasteiger partial charge in [0.25, 0.3) is 5.91 Å². The molecule has 0 fully saturated rings. The molecule has 0 saturated carbocycles. The average Bonchev–Trinajstić information content (AvgIpc) is 2.86. The summed E-state index contributed by atoms with van der Waals surface area (Å²) in [6.07, 6.45) is 6.86. The SMILES string of the molecule is CCc1ccc(S(=O)(=O)N[C@H]2CC(C)(C)Oc3ncc(C(=O)N(C)CCc4ccncc4)cc32)cc1. The number of aryl methyl sites for hydroxylation is 1. The zero-order chi connectivity index (χ0) is 25.9. The molecule has 190 valence electrons. The summed E-state index contributed by atoms with van der Waals surface area (Å²) in [7, 11) is -2.06. The third kappa shape index (κ3) is 5.91. The van der Waals surface area contributed by atoms with Gasteiger partial charge in [0.05, 0.1) is 16.5 Å². The van der Waals surface area contributed by atoms with Crippen molar-refractivity contribution in [3.8, 4) is 5.88 Å². The number of nitrogens with zero attached hydrogens (tertiary/aromatic N) is 3. The van der Waals surface area contributed by atoms with Crippen molar-refractivity contribution in [2.45, 2.75) is 56.6 Å². The van der Waals surface area contributed by atoms with Crippen LogP contribution >= 0.6 is 0 Å². The van der Waals surface area contributed by atoms with E-state index in [0.717, 1.165) is 17.5 Å². The monoisotopic (exact) mass is 508 g/mol. The minimum Gasteiger partial charge on any atom is -0.471 e. The number of hydrogen-bond donors (Lipinski definition) is 1. The number of carbonyl (C=O) groups excluding carboxylic acids is 1. The molecule has 3 heterocycles. The number of aromatic nitrogens is 2. The van der Waals surface area contributed by atoms with Crippen molar-refractivity contribution in [2.75, 3.05) is 13.6 Å². The summed E-state index contributed by atoms with van der Waals surface area (Å²) in [5.74, 6) is 0.136. The molecule has 1 aliphatic heterocycles. The molecule has 0 aliphatic carbocycles. The van der Waals surface area contributed by atoms with Crippen molar-refractivity contribution in [3.05, 3.63) is 83.3 Å². The number of hydrogen-bond acceptors (Lipinski definition) is 6. The highest BCUT2D eigenvalue weighted by Gasteiger charge is 2.37. The van der Waals surface area contributed by atoms with Gasteiger partial charge in [-0.15, -0.1) is 0 Å². The Bertz CT molecular complexity index is 1330. The summed E-state index contributed by atoms with van der Waals surface area (Å²) in [5.41, 5.74) is 2.45. The van der Waals surface area contributed by atoms with Crippen LogP contribution in [0.3, 0.4) is 0 Å². The molecule has 0 unspecified atom stereocenters. The van der Waals surface area contributed by atoms with E-state index in [4.69, 9.17) is 4.74 Å². The first-order valence-electron chi connectivity index (χ1n) is 12.0. The number of nitrogens with one attached hydrogen (secondary N) is 1. The van der Waals surface area contributed by atoms with Crippen molar-refractivity contribution >= 4 is 15.9 Å². The van der Waals surface area contributed by atoms with E-state index in [1.54, 1.807) is 42.5 Å². The van der Waals surface area contributed by atoms with Crippen molar-refractivity contribution in [3.63, 3.8) is 0 Å². The third-order valence-electron chi connectivity index (χ3n) is 6.34. The molecule has 3 aromatic rings. The van der Waals surface area contributed by atoms with Gasteiger partial charge in [-0.05, 0) is 68.1 Å². The van der Waals surface area contributed by atoms with E-state index in [9.17, 15) is 13.2 Å². The lowest BCUT2D eigenvalue weighted by molar-refractivity contribution is 0.0638. The van der Waals surface area contributed by atoms with Crippen LogP contribution in [-0.2, 0) is 22.9 Å². The van der Waals surface area contributed by atoms with Gasteiger partial charge in [0.2, 0.25) is 15.9 Å². The molecule has 1 amide bonds. The number of amides is 1. The van der Waals surface area contributed by atoms with Gasteiger partial charge in [-0.25, -0.2) is 18.1 Å². The van der Waals surface area contributed by atoms with Crippen LogP contribution < -0.4 is 9.46 Å². The number of benzene rings is 1. The van der Waals surface area contributed by atoms with Gasteiger partial charge in [-0.2, -0.15) is 0 Å². The molecular formula is C27H32N4O4S. The predicted octanol–water partition coefficient (Wildman–Crippen LogP) is 3.93. The zero-order valence-corrected chi connectivity index (χ0v) is 21.9. The van der Waals surface area contributed by atoms with Gasteiger partial charge < -0.3 is 9.64 Å². The van der Waals surface area contributed by atoms with Crippen LogP contribution in [0.4, 0.5) is 0 Å². The van der Waals surface area contributed by atoms with Gasteiger partial charge in [-0.3, -0.25) is 9.78 Å². The highest BCUT2D eigenvalue weighted by atomic mass is 32.2. The van der Waals surface area contributed by atoms with Crippen molar-refractivity contribution in [2.24, 2.45) is 0 Å². The van der Waals surface area contributed by atoms with E-state index in [-0.39, 0.29) is 10.8 Å². The normalized spacial score (nSPS) is 16.6. The number of rotatable bonds is 8. The van der Waals surface area contributed by atoms with E-state index in [0.29, 0.717) is 36.4 Å². The Morgan fingerprint density at radius 2 is 1.83 bits per heavy atom. The Hall–Kier alpha value is -3.30. The van der Waals surface area contributed by atoms with Crippen molar-refractivity contribution in [1.29, 1.82) is 0 Å². The smallest absolute Gasteiger partial charge is 0.255 e. The van der Waals surface area contributed by atoms with E-state index >= 15 is 0 Å². The molecule has 8 nitrogen and oxygen atoms in total. The van der Waals surface area contributed by atoms with Gasteiger partial charge >= 0.3 is 0 Å². The Morgan fingerprint density at radius 3 is 2.50 bits per heavy atom. The number of sulfonamides is 1. The minimum absolute atomic E-state index is 0.194. The number of fused-ring (bicyclic) bond motifs is 1. The Kier molecular flexibility index (Phi) is 7.42. The lowest BCUT2D eigenvalue weighted by Crippen LogP contribution is -2.42. The predicted molar refractivity (Wildman–Crippen MR) is 137 cm³/mol. The topological polar surface area (TPSA) is 101 Å². The summed E-state index contributed by atoms with van der Waals surface area (Å²) >= 11 is 0. The molecule has 1 N–H and O–H groups in total. The van der Waals surface area contributed by atoms with Crippen LogP contribution in [0.15, 0.2) is 66.0 Å². The number of pyridine rings is 2. The van der Waals surface area contributed by atoms with E-state index in [1.165, 1.54) is 6.20 Å². The standard InChI is InChI=1S/C27H32N4O4S/c1-5-19-6-8-22(9-7-19)36(33,34)30-24-17-27(2,3)35-25-23(24)16-21(18-29-25)26(32)31(4)15-12-20-10-13-28-14-11-20/h6-11,13-14,16,18,24,30H,5,12,15,17H2,1-4H3/t24-/m0/s1. The summed E-state index contributed by atoms with van der Waals surface area (Å²) in [5, 5.41) is 0. The number of ether oxygens (including phenoxy) is 1. The molecule has 1 atom stereocenters. The first-order chi connectivity index (χ1) is 17.1. The van der Waals surface area contributed by atoms with E-state index in [1.807, 2.05) is 45.0 Å². The van der Waals surface area contributed by atoms with Crippen LogP contribution in [0, 0.1) is 0 Å². The molecule has 0 spiro atoms. The maximum atomic E-state index is 13.2. The van der Waals surface area contributed by atoms with Gasteiger partial charge in [0.15, 0.2) is 0 Å². The quantitative estimate of drug-likeness (QED) is 0.495. The van der Waals surface area contributed by atoms with E-state index < -0.39 is 21.7 Å². The van der Waals surface area contributed by atoms with E-state index in [2.05, 4.69) is 14.7 Å².